The molecule has 2 bridgehead atoms. The molecule has 3 aliphatic rings. The molecule has 0 aromatic carbocycles. The third-order valence-electron chi connectivity index (χ3n) is 3.61. The largest absolute Gasteiger partial charge is 0.481 e. The lowest BCUT2D eigenvalue weighted by atomic mass is 9.61. The molecule has 3 heteroatoms. The zero-order valence-corrected chi connectivity index (χ0v) is 8.56. The average Bonchev–Trinajstić information content (AvgIpc) is 2.06. The summed E-state index contributed by atoms with van der Waals surface area (Å²) in [4.78, 5) is 11.0. The van der Waals surface area contributed by atoms with Gasteiger partial charge in [-0.3, -0.25) is 4.79 Å². The Labute approximate surface area is 80.5 Å². The summed E-state index contributed by atoms with van der Waals surface area (Å²) in [6.45, 7) is 0. The third-order valence-corrected chi connectivity index (χ3v) is 4.80. The zero-order valence-electron chi connectivity index (χ0n) is 6.98. The molecule has 0 spiro atoms. The molecule has 0 saturated heterocycles. The van der Waals surface area contributed by atoms with E-state index in [-0.39, 0.29) is 5.41 Å². The molecule has 0 aromatic rings. The van der Waals surface area contributed by atoms with E-state index in [4.69, 9.17) is 5.11 Å². The Hall–Kier alpha value is -0.0500. The number of rotatable bonds is 1. The van der Waals surface area contributed by atoms with E-state index in [2.05, 4.69) is 15.9 Å². The molecule has 0 atom stereocenters. The van der Waals surface area contributed by atoms with E-state index in [0.717, 1.165) is 38.5 Å². The molecule has 0 aliphatic heterocycles. The van der Waals surface area contributed by atoms with Gasteiger partial charge in [0.15, 0.2) is 0 Å². The monoisotopic (exact) mass is 232 g/mol. The maximum Gasteiger partial charge on any atom is 0.309 e. The van der Waals surface area contributed by atoms with Gasteiger partial charge in [-0.15, -0.1) is 0 Å². The number of fused-ring (bicyclic) bond motifs is 3. The summed E-state index contributed by atoms with van der Waals surface area (Å²) in [6, 6.07) is 0. The van der Waals surface area contributed by atoms with E-state index in [1.807, 2.05) is 0 Å². The summed E-state index contributed by atoms with van der Waals surface area (Å²) < 4.78 is 0.296. The van der Waals surface area contributed by atoms with Crippen molar-refractivity contribution in [2.75, 3.05) is 0 Å². The Morgan fingerprint density at radius 1 is 1.08 bits per heavy atom. The second-order valence-corrected chi connectivity index (χ2v) is 5.92. The van der Waals surface area contributed by atoms with Crippen molar-refractivity contribution in [2.24, 2.45) is 5.41 Å². The van der Waals surface area contributed by atoms with Gasteiger partial charge < -0.3 is 5.11 Å². The van der Waals surface area contributed by atoms with E-state index in [1.165, 1.54) is 0 Å². The Balaban J connectivity index is 2.20. The molecule has 12 heavy (non-hydrogen) atoms. The molecule has 3 fully saturated rings. The highest BCUT2D eigenvalue weighted by Crippen LogP contribution is 2.55. The van der Waals surface area contributed by atoms with Crippen molar-refractivity contribution >= 4 is 21.9 Å². The van der Waals surface area contributed by atoms with Crippen LogP contribution in [0.4, 0.5) is 0 Å². The summed E-state index contributed by atoms with van der Waals surface area (Å²) in [6.07, 6.45) is 5.73. The van der Waals surface area contributed by atoms with Crippen molar-refractivity contribution in [3.8, 4) is 0 Å². The van der Waals surface area contributed by atoms with Crippen molar-refractivity contribution in [3.05, 3.63) is 0 Å². The van der Waals surface area contributed by atoms with Crippen LogP contribution in [0.25, 0.3) is 0 Å². The summed E-state index contributed by atoms with van der Waals surface area (Å²) in [5.41, 5.74) is -0.352. The molecule has 68 valence electrons. The van der Waals surface area contributed by atoms with Gasteiger partial charge in [0.2, 0.25) is 0 Å². The van der Waals surface area contributed by atoms with Crippen LogP contribution in [0.3, 0.4) is 0 Å². The Kier molecular flexibility index (Phi) is 1.76. The Bertz CT molecular complexity index is 200. The first kappa shape index (κ1) is 8.54. The van der Waals surface area contributed by atoms with Gasteiger partial charge >= 0.3 is 5.97 Å². The second-order valence-electron chi connectivity index (χ2n) is 4.24. The highest BCUT2D eigenvalue weighted by atomic mass is 79.9. The minimum absolute atomic E-state index is 0.296. The predicted molar refractivity (Wildman–Crippen MR) is 49.4 cm³/mol. The molecule has 3 rings (SSSR count). The number of carboxylic acid groups (broad SMARTS) is 1. The summed E-state index contributed by atoms with van der Waals surface area (Å²) in [7, 11) is 0. The van der Waals surface area contributed by atoms with Gasteiger partial charge in [0.1, 0.15) is 0 Å². The molecule has 1 N–H and O–H groups in total. The van der Waals surface area contributed by atoms with Gasteiger partial charge in [-0.25, -0.2) is 0 Å². The molecule has 0 heterocycles. The van der Waals surface area contributed by atoms with Gasteiger partial charge in [-0.2, -0.15) is 0 Å². The van der Waals surface area contributed by atoms with Crippen LogP contribution in [0.5, 0.6) is 0 Å². The fraction of sp³-hybridized carbons (Fsp3) is 0.889. The van der Waals surface area contributed by atoms with E-state index < -0.39 is 5.97 Å². The molecule has 0 radical (unpaired) electrons. The highest BCUT2D eigenvalue weighted by Gasteiger charge is 2.51. The lowest BCUT2D eigenvalue weighted by Crippen LogP contribution is -2.46. The zero-order chi connectivity index (χ0) is 8.82. The molecule has 3 saturated carbocycles. The van der Waals surface area contributed by atoms with Crippen LogP contribution in [0.2, 0.25) is 0 Å². The summed E-state index contributed by atoms with van der Waals surface area (Å²) in [5.74, 6) is -0.572. The van der Waals surface area contributed by atoms with Gasteiger partial charge in [0, 0.05) is 4.32 Å². The Morgan fingerprint density at radius 2 is 1.50 bits per heavy atom. The number of halogens is 1. The molecule has 3 aliphatic carbocycles. The first-order valence-electron chi connectivity index (χ1n) is 4.49. The molecule has 0 unspecified atom stereocenters. The fourth-order valence-electron chi connectivity index (χ4n) is 2.46. The van der Waals surface area contributed by atoms with Crippen molar-refractivity contribution in [1.82, 2.24) is 0 Å². The van der Waals surface area contributed by atoms with Crippen molar-refractivity contribution in [1.29, 1.82) is 0 Å². The first-order valence-corrected chi connectivity index (χ1v) is 5.28. The van der Waals surface area contributed by atoms with E-state index in [9.17, 15) is 4.79 Å². The average molecular weight is 233 g/mol. The van der Waals surface area contributed by atoms with Crippen LogP contribution in [-0.4, -0.2) is 15.4 Å². The number of hydrogen-bond acceptors (Lipinski definition) is 1. The lowest BCUT2D eigenvalue weighted by Gasteiger charge is -2.48. The van der Waals surface area contributed by atoms with Crippen LogP contribution in [0.15, 0.2) is 0 Å². The van der Waals surface area contributed by atoms with Crippen molar-refractivity contribution in [3.63, 3.8) is 0 Å². The second kappa shape index (κ2) is 2.47. The maximum atomic E-state index is 11.0. The van der Waals surface area contributed by atoms with Gasteiger partial charge in [-0.1, -0.05) is 15.9 Å². The van der Waals surface area contributed by atoms with E-state index in [1.54, 1.807) is 0 Å². The standard InChI is InChI=1S/C9H13BrO2/c10-9-4-1-8(2-5-9,3-6-9)7(11)12/h1-6H2,(H,11,12). The Morgan fingerprint density at radius 3 is 1.83 bits per heavy atom. The van der Waals surface area contributed by atoms with Crippen molar-refractivity contribution < 1.29 is 9.90 Å². The maximum absolute atomic E-state index is 11.0. The number of carbonyl (C=O) groups is 1. The molecular formula is C9H13BrO2. The third kappa shape index (κ3) is 1.10. The van der Waals surface area contributed by atoms with E-state index in [0.29, 0.717) is 4.32 Å². The van der Waals surface area contributed by atoms with Crippen LogP contribution in [0, 0.1) is 5.41 Å². The topological polar surface area (TPSA) is 37.3 Å². The SMILES string of the molecule is O=C(O)C12CCC(Br)(CC1)CC2. The molecular weight excluding hydrogens is 220 g/mol. The van der Waals surface area contributed by atoms with Crippen LogP contribution >= 0.6 is 15.9 Å². The number of carboxylic acids is 1. The van der Waals surface area contributed by atoms with Crippen LogP contribution in [0.1, 0.15) is 38.5 Å². The van der Waals surface area contributed by atoms with Gasteiger partial charge in [0.05, 0.1) is 5.41 Å². The molecule has 0 aromatic heterocycles. The predicted octanol–water partition coefficient (Wildman–Crippen LogP) is 2.56. The van der Waals surface area contributed by atoms with Gasteiger partial charge in [0.25, 0.3) is 0 Å². The van der Waals surface area contributed by atoms with Crippen molar-refractivity contribution in [2.45, 2.75) is 42.8 Å². The minimum atomic E-state index is -0.572. The highest BCUT2D eigenvalue weighted by molar-refractivity contribution is 9.10. The van der Waals surface area contributed by atoms with Crippen LogP contribution < -0.4 is 0 Å². The minimum Gasteiger partial charge on any atom is -0.481 e. The number of alkyl halides is 1. The smallest absolute Gasteiger partial charge is 0.309 e. The normalized spacial score (nSPS) is 46.1. The molecule has 0 amide bonds. The summed E-state index contributed by atoms with van der Waals surface area (Å²) in [5, 5.41) is 9.08. The lowest BCUT2D eigenvalue weighted by molar-refractivity contribution is -0.154. The molecule has 2 nitrogen and oxygen atoms in total. The number of hydrogen-bond donors (Lipinski definition) is 1. The fourth-order valence-corrected chi connectivity index (χ4v) is 3.06. The van der Waals surface area contributed by atoms with Gasteiger partial charge in [-0.05, 0) is 38.5 Å². The number of aliphatic carboxylic acids is 1. The summed E-state index contributed by atoms with van der Waals surface area (Å²) >= 11 is 3.71. The van der Waals surface area contributed by atoms with Crippen LogP contribution in [-0.2, 0) is 4.79 Å². The van der Waals surface area contributed by atoms with E-state index >= 15 is 0 Å². The first-order chi connectivity index (χ1) is 5.56. The quantitative estimate of drug-likeness (QED) is 0.706.